The number of carboxylic acids is 1. The highest BCUT2D eigenvalue weighted by molar-refractivity contribution is 5.70. The summed E-state index contributed by atoms with van der Waals surface area (Å²) in [5, 5.41) is 8.40. The zero-order valence-corrected chi connectivity index (χ0v) is 21.9. The van der Waals surface area contributed by atoms with Crippen molar-refractivity contribution >= 4 is 11.9 Å². The van der Waals surface area contributed by atoms with Crippen LogP contribution in [0.15, 0.2) is 0 Å². The largest absolute Gasteiger partial charge is 0.480 e. The number of carbonyl (C=O) groups is 2. The standard InChI is InChI=1S/C23H44O14/c1-27-23(26)21-37-19-17-35-15-13-33-11-9-31-7-5-29-3-2-28-4-6-30-8-10-32-12-14-34-16-18-36-20-22(24)25/h2-21H2,1H3,(H,24,25). The van der Waals surface area contributed by atoms with E-state index in [9.17, 15) is 9.59 Å². The fourth-order valence-electron chi connectivity index (χ4n) is 2.25. The molecule has 37 heavy (non-hydrogen) atoms. The highest BCUT2D eigenvalue weighted by Crippen LogP contribution is 1.87. The van der Waals surface area contributed by atoms with Crippen molar-refractivity contribution < 1.29 is 66.8 Å². The summed E-state index contributed by atoms with van der Waals surface area (Å²) in [7, 11) is 1.31. The number of esters is 1. The average molecular weight is 545 g/mol. The van der Waals surface area contributed by atoms with Crippen molar-refractivity contribution in [2.24, 2.45) is 0 Å². The fraction of sp³-hybridized carbons (Fsp3) is 0.913. The lowest BCUT2D eigenvalue weighted by atomic mass is 10.6. The minimum absolute atomic E-state index is 0.0752. The second kappa shape index (κ2) is 30.8. The minimum Gasteiger partial charge on any atom is -0.480 e. The summed E-state index contributed by atoms with van der Waals surface area (Å²) in [6.07, 6.45) is 0. The van der Waals surface area contributed by atoms with E-state index < -0.39 is 11.9 Å². The van der Waals surface area contributed by atoms with Gasteiger partial charge in [0.1, 0.15) is 13.2 Å². The number of hydrogen-bond donors (Lipinski definition) is 1. The molecule has 0 bridgehead atoms. The van der Waals surface area contributed by atoms with Gasteiger partial charge < -0.3 is 57.2 Å². The van der Waals surface area contributed by atoms with Gasteiger partial charge in [0.15, 0.2) is 0 Å². The normalized spacial score (nSPS) is 11.2. The molecule has 0 heterocycles. The van der Waals surface area contributed by atoms with Crippen LogP contribution >= 0.6 is 0 Å². The summed E-state index contributed by atoms with van der Waals surface area (Å²) in [4.78, 5) is 21.1. The number of carboxylic acid groups (broad SMARTS) is 1. The molecule has 0 saturated heterocycles. The van der Waals surface area contributed by atoms with Gasteiger partial charge in [-0.25, -0.2) is 9.59 Å². The predicted molar refractivity (Wildman–Crippen MR) is 128 cm³/mol. The second-order valence-corrected chi connectivity index (χ2v) is 6.97. The van der Waals surface area contributed by atoms with Crippen LogP contribution in [0.5, 0.6) is 0 Å². The lowest BCUT2D eigenvalue weighted by molar-refractivity contribution is -0.146. The number of ether oxygens (including phenoxy) is 11. The third-order valence-electron chi connectivity index (χ3n) is 4.02. The first-order valence-corrected chi connectivity index (χ1v) is 12.2. The highest BCUT2D eigenvalue weighted by atomic mass is 16.6. The molecule has 0 rings (SSSR count). The Hall–Kier alpha value is -1.46. The molecular formula is C23H44O14. The Bertz CT molecular complexity index is 494. The fourth-order valence-corrected chi connectivity index (χ4v) is 2.25. The van der Waals surface area contributed by atoms with Crippen molar-refractivity contribution in [2.45, 2.75) is 0 Å². The first kappa shape index (κ1) is 35.5. The summed E-state index contributed by atoms with van der Waals surface area (Å²) in [5.41, 5.74) is 0. The molecule has 0 spiro atoms. The maximum Gasteiger partial charge on any atom is 0.331 e. The van der Waals surface area contributed by atoms with Gasteiger partial charge in [-0.2, -0.15) is 0 Å². The molecule has 14 nitrogen and oxygen atoms in total. The maximum absolute atomic E-state index is 10.8. The molecule has 0 fully saturated rings. The van der Waals surface area contributed by atoms with Crippen molar-refractivity contribution in [3.8, 4) is 0 Å². The number of carbonyl (C=O) groups excluding carboxylic acids is 1. The van der Waals surface area contributed by atoms with Gasteiger partial charge in [0, 0.05) is 0 Å². The van der Waals surface area contributed by atoms with Crippen molar-refractivity contribution in [2.75, 3.05) is 139 Å². The minimum atomic E-state index is -0.999. The van der Waals surface area contributed by atoms with Crippen LogP contribution in [0.1, 0.15) is 0 Å². The van der Waals surface area contributed by atoms with E-state index >= 15 is 0 Å². The molecule has 220 valence electrons. The Labute approximate surface area is 218 Å². The van der Waals surface area contributed by atoms with Crippen LogP contribution in [0.4, 0.5) is 0 Å². The lowest BCUT2D eigenvalue weighted by Crippen LogP contribution is -2.16. The smallest absolute Gasteiger partial charge is 0.331 e. The Morgan fingerprint density at radius 2 is 0.622 bits per heavy atom. The number of aliphatic carboxylic acids is 1. The molecule has 0 unspecified atom stereocenters. The molecule has 0 radical (unpaired) electrons. The van der Waals surface area contributed by atoms with Gasteiger partial charge in [-0.05, 0) is 0 Å². The predicted octanol–water partition coefficient (Wildman–Crippen LogP) is -0.590. The molecule has 0 aromatic heterocycles. The maximum atomic E-state index is 10.8. The van der Waals surface area contributed by atoms with E-state index in [0.29, 0.717) is 112 Å². The average Bonchev–Trinajstić information content (AvgIpc) is 2.89. The van der Waals surface area contributed by atoms with E-state index in [1.807, 2.05) is 0 Å². The van der Waals surface area contributed by atoms with E-state index in [0.717, 1.165) is 0 Å². The molecule has 0 aliphatic carbocycles. The van der Waals surface area contributed by atoms with Crippen LogP contribution in [0.25, 0.3) is 0 Å². The molecule has 0 aromatic rings. The Balaban J connectivity index is 3.04. The van der Waals surface area contributed by atoms with Crippen LogP contribution < -0.4 is 0 Å². The Kier molecular flexibility index (Phi) is 29.5. The molecule has 0 atom stereocenters. The van der Waals surface area contributed by atoms with Gasteiger partial charge in [-0.3, -0.25) is 0 Å². The third-order valence-corrected chi connectivity index (χ3v) is 4.02. The van der Waals surface area contributed by atoms with E-state index in [4.69, 9.17) is 52.5 Å². The third kappa shape index (κ3) is 32.5. The molecule has 0 aromatic carbocycles. The second-order valence-electron chi connectivity index (χ2n) is 6.97. The molecule has 0 aliphatic heterocycles. The lowest BCUT2D eigenvalue weighted by Gasteiger charge is -2.09. The number of rotatable bonds is 31. The van der Waals surface area contributed by atoms with E-state index in [-0.39, 0.29) is 19.8 Å². The summed E-state index contributed by atoms with van der Waals surface area (Å²) in [5.74, 6) is -1.41. The zero-order chi connectivity index (χ0) is 27.1. The van der Waals surface area contributed by atoms with Gasteiger partial charge >= 0.3 is 11.9 Å². The van der Waals surface area contributed by atoms with Crippen molar-refractivity contribution in [1.82, 2.24) is 0 Å². The quantitative estimate of drug-likeness (QED) is 0.0872. The van der Waals surface area contributed by atoms with Gasteiger partial charge in [0.25, 0.3) is 0 Å². The first-order chi connectivity index (χ1) is 18.2. The summed E-state index contributed by atoms with van der Waals surface area (Å²) < 4.78 is 57.2. The Morgan fingerprint density at radius 3 is 0.838 bits per heavy atom. The van der Waals surface area contributed by atoms with Crippen LogP contribution in [-0.4, -0.2) is 156 Å². The van der Waals surface area contributed by atoms with Crippen LogP contribution in [-0.2, 0) is 61.7 Å². The molecule has 0 amide bonds. The Morgan fingerprint density at radius 1 is 0.405 bits per heavy atom. The molecule has 0 aliphatic rings. The monoisotopic (exact) mass is 544 g/mol. The molecular weight excluding hydrogens is 500 g/mol. The van der Waals surface area contributed by atoms with E-state index in [1.54, 1.807) is 0 Å². The number of methoxy groups -OCH3 is 1. The van der Waals surface area contributed by atoms with Gasteiger partial charge in [0.2, 0.25) is 0 Å². The van der Waals surface area contributed by atoms with Crippen molar-refractivity contribution in [3.63, 3.8) is 0 Å². The van der Waals surface area contributed by atoms with Crippen molar-refractivity contribution in [3.05, 3.63) is 0 Å². The highest BCUT2D eigenvalue weighted by Gasteiger charge is 1.99. The van der Waals surface area contributed by atoms with E-state index in [2.05, 4.69) is 4.74 Å². The van der Waals surface area contributed by atoms with Gasteiger partial charge in [0.05, 0.1) is 126 Å². The summed E-state index contributed by atoms with van der Waals surface area (Å²) in [6, 6.07) is 0. The van der Waals surface area contributed by atoms with Gasteiger partial charge in [-0.15, -0.1) is 0 Å². The topological polar surface area (TPSA) is 156 Å². The first-order valence-electron chi connectivity index (χ1n) is 12.2. The molecule has 14 heteroatoms. The molecule has 1 N–H and O–H groups in total. The number of hydrogen-bond acceptors (Lipinski definition) is 13. The van der Waals surface area contributed by atoms with Crippen LogP contribution in [0.2, 0.25) is 0 Å². The van der Waals surface area contributed by atoms with Crippen LogP contribution in [0.3, 0.4) is 0 Å². The SMILES string of the molecule is COC(=O)COCCOCCOCCOCCOCCOCCOCCOCCOCCOCC(=O)O. The zero-order valence-electron chi connectivity index (χ0n) is 21.9. The van der Waals surface area contributed by atoms with Gasteiger partial charge in [-0.1, -0.05) is 0 Å². The van der Waals surface area contributed by atoms with E-state index in [1.165, 1.54) is 7.11 Å². The summed E-state index contributed by atoms with van der Waals surface area (Å²) >= 11 is 0. The summed E-state index contributed by atoms with van der Waals surface area (Å²) in [6.45, 7) is 7.32. The molecule has 0 saturated carbocycles. The van der Waals surface area contributed by atoms with Crippen LogP contribution in [0, 0.1) is 0 Å². The van der Waals surface area contributed by atoms with Crippen molar-refractivity contribution in [1.29, 1.82) is 0 Å².